The van der Waals surface area contributed by atoms with Gasteiger partial charge in [-0.2, -0.15) is 0 Å². The highest BCUT2D eigenvalue weighted by atomic mass is 35.5. The minimum absolute atomic E-state index is 0.480. The second-order valence-corrected chi connectivity index (χ2v) is 10.2. The number of hydrogen-bond acceptors (Lipinski definition) is 7. The highest BCUT2D eigenvalue weighted by Crippen LogP contribution is 2.31. The number of anilines is 2. The van der Waals surface area contributed by atoms with Gasteiger partial charge in [-0.3, -0.25) is 4.72 Å². The van der Waals surface area contributed by atoms with Crippen molar-refractivity contribution in [1.29, 1.82) is 0 Å². The van der Waals surface area contributed by atoms with Gasteiger partial charge >= 0.3 is 0 Å². The molecule has 0 aliphatic heterocycles. The number of aryl methyl sites for hydroxylation is 2. The molecule has 1 fully saturated rings. The average Bonchev–Trinajstić information content (AvgIpc) is 2.88. The summed E-state index contributed by atoms with van der Waals surface area (Å²) in [6.07, 6.45) is 11.0. The van der Waals surface area contributed by atoms with Crippen LogP contribution in [0.4, 0.5) is 11.9 Å². The maximum absolute atomic E-state index is 6.25. The molecule has 2 aromatic heterocycles. The Morgan fingerprint density at radius 2 is 1.80 bits per heavy atom. The largest absolute Gasteiger partial charge is 0.351 e. The van der Waals surface area contributed by atoms with E-state index in [-0.39, 0.29) is 0 Å². The van der Waals surface area contributed by atoms with E-state index in [9.17, 15) is 0 Å². The van der Waals surface area contributed by atoms with Gasteiger partial charge in [0.05, 0.1) is 16.2 Å². The van der Waals surface area contributed by atoms with E-state index in [1.165, 1.54) is 49.6 Å². The van der Waals surface area contributed by atoms with Crippen molar-refractivity contribution in [3.8, 4) is 11.1 Å². The molecule has 1 aliphatic rings. The molecule has 180 valence electrons. The lowest BCUT2D eigenvalue weighted by molar-refractivity contribution is 0.461. The Morgan fingerprint density at radius 3 is 2.57 bits per heavy atom. The standard InChI is InChI=1S/C27H29ClN6S/c1-3-18-13-19(14-20-15-29-26(33-25(18)20)32-21-9-5-4-6-10-21)22-16-30-27(31-17(22)2)34-35-24-12-8-7-11-23(24)28/h7-8,11-16,21H,3-6,9-10H2,1-2H3,(H,29,32,33)(H,30,31,34). The van der Waals surface area contributed by atoms with E-state index in [4.69, 9.17) is 16.6 Å². The van der Waals surface area contributed by atoms with Gasteiger partial charge in [0.2, 0.25) is 11.9 Å². The lowest BCUT2D eigenvalue weighted by Gasteiger charge is -2.22. The molecular formula is C27H29ClN6S. The first-order chi connectivity index (χ1) is 17.1. The molecule has 1 saturated carbocycles. The Kier molecular flexibility index (Phi) is 7.35. The van der Waals surface area contributed by atoms with E-state index in [0.717, 1.165) is 45.0 Å². The fourth-order valence-corrected chi connectivity index (χ4v) is 5.43. The first-order valence-electron chi connectivity index (χ1n) is 12.2. The van der Waals surface area contributed by atoms with Crippen LogP contribution in [-0.2, 0) is 6.42 Å². The van der Waals surface area contributed by atoms with Crippen molar-refractivity contribution >= 4 is 46.3 Å². The quantitative estimate of drug-likeness (QED) is 0.253. The third kappa shape index (κ3) is 5.52. The van der Waals surface area contributed by atoms with Crippen LogP contribution in [0.3, 0.4) is 0 Å². The van der Waals surface area contributed by atoms with Gasteiger partial charge < -0.3 is 5.32 Å². The highest BCUT2D eigenvalue weighted by molar-refractivity contribution is 8.00. The van der Waals surface area contributed by atoms with Gasteiger partial charge in [-0.25, -0.2) is 19.9 Å². The van der Waals surface area contributed by atoms with Crippen LogP contribution in [0.25, 0.3) is 22.0 Å². The van der Waals surface area contributed by atoms with Gasteiger partial charge in [0, 0.05) is 34.3 Å². The normalized spacial score (nSPS) is 14.3. The van der Waals surface area contributed by atoms with Gasteiger partial charge in [-0.1, -0.05) is 49.9 Å². The van der Waals surface area contributed by atoms with Crippen molar-refractivity contribution in [2.45, 2.75) is 63.3 Å². The van der Waals surface area contributed by atoms with Crippen molar-refractivity contribution < 1.29 is 0 Å². The summed E-state index contributed by atoms with van der Waals surface area (Å²) in [4.78, 5) is 19.7. The number of rotatable bonds is 7. The van der Waals surface area contributed by atoms with Crippen molar-refractivity contribution in [3.63, 3.8) is 0 Å². The summed E-state index contributed by atoms with van der Waals surface area (Å²) in [6.45, 7) is 4.17. The zero-order valence-electron chi connectivity index (χ0n) is 20.0. The Hall–Kier alpha value is -2.90. The summed E-state index contributed by atoms with van der Waals surface area (Å²) >= 11 is 7.65. The lowest BCUT2D eigenvalue weighted by atomic mass is 9.96. The van der Waals surface area contributed by atoms with Crippen molar-refractivity contribution in [1.82, 2.24) is 19.9 Å². The van der Waals surface area contributed by atoms with E-state index in [2.05, 4.69) is 44.0 Å². The molecule has 0 atom stereocenters. The van der Waals surface area contributed by atoms with Crippen LogP contribution in [0.2, 0.25) is 5.02 Å². The molecule has 4 aromatic rings. The molecule has 0 spiro atoms. The molecule has 6 nitrogen and oxygen atoms in total. The van der Waals surface area contributed by atoms with E-state index in [1.807, 2.05) is 43.6 Å². The van der Waals surface area contributed by atoms with Crippen molar-refractivity contribution in [3.05, 3.63) is 65.1 Å². The summed E-state index contributed by atoms with van der Waals surface area (Å²) < 4.78 is 3.20. The SMILES string of the molecule is CCc1cc(-c2cnc(NSc3ccccc3Cl)nc2C)cc2cnc(NC3CCCCC3)nc12. The fourth-order valence-electron chi connectivity index (χ4n) is 4.57. The molecule has 2 heterocycles. The average molecular weight is 505 g/mol. The lowest BCUT2D eigenvalue weighted by Crippen LogP contribution is -2.23. The number of aromatic nitrogens is 4. The molecule has 2 N–H and O–H groups in total. The fraction of sp³-hybridized carbons (Fsp3) is 0.333. The Bertz CT molecular complexity index is 1340. The number of halogens is 1. The van der Waals surface area contributed by atoms with E-state index in [0.29, 0.717) is 17.0 Å². The van der Waals surface area contributed by atoms with E-state index in [1.54, 1.807) is 0 Å². The third-order valence-corrected chi connectivity index (χ3v) is 7.76. The molecule has 35 heavy (non-hydrogen) atoms. The van der Waals surface area contributed by atoms with Crippen LogP contribution in [0.1, 0.15) is 50.3 Å². The van der Waals surface area contributed by atoms with Crippen molar-refractivity contribution in [2.24, 2.45) is 0 Å². The summed E-state index contributed by atoms with van der Waals surface area (Å²) in [6, 6.07) is 12.5. The Balaban J connectivity index is 1.38. The van der Waals surface area contributed by atoms with Crippen LogP contribution in [0, 0.1) is 6.92 Å². The number of fused-ring (bicyclic) bond motifs is 1. The molecule has 0 saturated heterocycles. The van der Waals surface area contributed by atoms with Crippen LogP contribution in [0.5, 0.6) is 0 Å². The zero-order chi connectivity index (χ0) is 24.2. The molecule has 5 rings (SSSR count). The maximum atomic E-state index is 6.25. The van der Waals surface area contributed by atoms with Gasteiger partial charge in [0.1, 0.15) is 0 Å². The van der Waals surface area contributed by atoms with E-state index >= 15 is 0 Å². The summed E-state index contributed by atoms with van der Waals surface area (Å²) in [5.74, 6) is 1.28. The molecule has 8 heteroatoms. The summed E-state index contributed by atoms with van der Waals surface area (Å²) in [5.41, 5.74) is 5.19. The second-order valence-electron chi connectivity index (χ2n) is 8.93. The molecule has 2 aromatic carbocycles. The second kappa shape index (κ2) is 10.8. The predicted molar refractivity (Wildman–Crippen MR) is 146 cm³/mol. The molecule has 1 aliphatic carbocycles. The number of benzene rings is 2. The summed E-state index contributed by atoms with van der Waals surface area (Å²) in [5, 5.41) is 5.28. The minimum atomic E-state index is 0.480. The Morgan fingerprint density at radius 1 is 1.00 bits per heavy atom. The minimum Gasteiger partial charge on any atom is -0.351 e. The van der Waals surface area contributed by atoms with Gasteiger partial charge in [-0.05, 0) is 73.5 Å². The van der Waals surface area contributed by atoms with Gasteiger partial charge in [0.25, 0.3) is 0 Å². The molecule has 0 amide bonds. The Labute approximate surface area is 215 Å². The van der Waals surface area contributed by atoms with Gasteiger partial charge in [-0.15, -0.1) is 0 Å². The van der Waals surface area contributed by atoms with Gasteiger partial charge in [0.15, 0.2) is 0 Å². The smallest absolute Gasteiger partial charge is 0.233 e. The topological polar surface area (TPSA) is 75.6 Å². The first-order valence-corrected chi connectivity index (χ1v) is 13.4. The zero-order valence-corrected chi connectivity index (χ0v) is 21.6. The highest BCUT2D eigenvalue weighted by Gasteiger charge is 2.16. The van der Waals surface area contributed by atoms with E-state index < -0.39 is 0 Å². The summed E-state index contributed by atoms with van der Waals surface area (Å²) in [7, 11) is 0. The number of nitrogens with zero attached hydrogens (tertiary/aromatic N) is 4. The van der Waals surface area contributed by atoms with Crippen LogP contribution in [0.15, 0.2) is 53.7 Å². The van der Waals surface area contributed by atoms with Crippen LogP contribution >= 0.6 is 23.5 Å². The maximum Gasteiger partial charge on any atom is 0.233 e. The van der Waals surface area contributed by atoms with Crippen LogP contribution < -0.4 is 10.0 Å². The monoisotopic (exact) mass is 504 g/mol. The molecule has 0 radical (unpaired) electrons. The third-order valence-electron chi connectivity index (χ3n) is 6.46. The molecule has 0 bridgehead atoms. The first kappa shape index (κ1) is 23.8. The van der Waals surface area contributed by atoms with Crippen molar-refractivity contribution in [2.75, 3.05) is 10.0 Å². The predicted octanol–water partition coefficient (Wildman–Crippen LogP) is 7.47. The molecular weight excluding hydrogens is 476 g/mol. The molecule has 0 unspecified atom stereocenters. The van der Waals surface area contributed by atoms with Crippen LogP contribution in [-0.4, -0.2) is 26.0 Å². The number of nitrogens with one attached hydrogen (secondary N) is 2. The number of hydrogen-bond donors (Lipinski definition) is 2.